The minimum Gasteiger partial charge on any atom is -0.361 e. The van der Waals surface area contributed by atoms with Gasteiger partial charge in [-0.2, -0.15) is 0 Å². The van der Waals surface area contributed by atoms with E-state index >= 15 is 0 Å². The van der Waals surface area contributed by atoms with E-state index in [-0.39, 0.29) is 0 Å². The molecule has 0 spiro atoms. The van der Waals surface area contributed by atoms with Crippen molar-refractivity contribution in [3.8, 4) is 0 Å². The lowest BCUT2D eigenvalue weighted by Crippen LogP contribution is -2.50. The Hall–Kier alpha value is -3.80. The number of para-hydroxylation sites is 3. The Morgan fingerprint density at radius 3 is 2.18 bits per heavy atom. The van der Waals surface area contributed by atoms with Gasteiger partial charge >= 0.3 is 0 Å². The van der Waals surface area contributed by atoms with Crippen molar-refractivity contribution in [3.05, 3.63) is 107 Å². The summed E-state index contributed by atoms with van der Waals surface area (Å²) in [6, 6.07) is 25.8. The number of hydrogen-bond donors (Lipinski definition) is 5. The number of benzene rings is 3. The van der Waals surface area contributed by atoms with Crippen LogP contribution in [0.4, 0.5) is 0 Å². The van der Waals surface area contributed by atoms with Gasteiger partial charge in [0.2, 0.25) is 0 Å². The summed E-state index contributed by atoms with van der Waals surface area (Å²) in [6.45, 7) is 1.48. The summed E-state index contributed by atoms with van der Waals surface area (Å²) < 4.78 is 0. The van der Waals surface area contributed by atoms with Gasteiger partial charge in [-0.25, -0.2) is 0 Å². The molecule has 34 heavy (non-hydrogen) atoms. The fraction of sp³-hybridized carbons (Fsp3) is 0.172. The van der Waals surface area contributed by atoms with Crippen molar-refractivity contribution in [2.75, 3.05) is 13.1 Å². The van der Waals surface area contributed by atoms with Crippen LogP contribution in [0, 0.1) is 0 Å². The van der Waals surface area contributed by atoms with Gasteiger partial charge < -0.3 is 20.7 Å². The van der Waals surface area contributed by atoms with E-state index in [9.17, 15) is 0 Å². The third kappa shape index (κ3) is 2.56. The van der Waals surface area contributed by atoms with Gasteiger partial charge in [-0.1, -0.05) is 54.6 Å². The summed E-state index contributed by atoms with van der Waals surface area (Å²) in [4.78, 5) is 11.2. The molecule has 6 N–H and O–H groups in total. The van der Waals surface area contributed by atoms with Crippen LogP contribution >= 0.6 is 0 Å². The molecular formula is C29H27N5. The highest BCUT2D eigenvalue weighted by Gasteiger charge is 2.46. The molecule has 1 aliphatic heterocycles. The van der Waals surface area contributed by atoms with Crippen molar-refractivity contribution in [2.24, 2.45) is 5.73 Å². The molecule has 5 nitrogen and oxygen atoms in total. The molecule has 0 saturated heterocycles. The maximum atomic E-state index is 6.17. The monoisotopic (exact) mass is 445 g/mol. The van der Waals surface area contributed by atoms with E-state index in [1.165, 1.54) is 49.8 Å². The highest BCUT2D eigenvalue weighted by molar-refractivity contribution is 5.92. The van der Waals surface area contributed by atoms with Crippen molar-refractivity contribution in [3.63, 3.8) is 0 Å². The zero-order chi connectivity index (χ0) is 22.7. The van der Waals surface area contributed by atoms with Crippen LogP contribution in [0.5, 0.6) is 0 Å². The van der Waals surface area contributed by atoms with Crippen LogP contribution in [0.25, 0.3) is 32.7 Å². The van der Waals surface area contributed by atoms with Crippen molar-refractivity contribution >= 4 is 32.7 Å². The Morgan fingerprint density at radius 2 is 1.38 bits per heavy atom. The van der Waals surface area contributed by atoms with E-state index in [0.717, 1.165) is 30.4 Å². The van der Waals surface area contributed by atoms with Gasteiger partial charge in [-0.3, -0.25) is 5.32 Å². The second-order valence-electron chi connectivity index (χ2n) is 9.26. The third-order valence-corrected chi connectivity index (χ3v) is 7.53. The third-order valence-electron chi connectivity index (χ3n) is 7.53. The average molecular weight is 446 g/mol. The fourth-order valence-electron chi connectivity index (χ4n) is 6.13. The van der Waals surface area contributed by atoms with Crippen LogP contribution < -0.4 is 11.1 Å². The number of aromatic amines is 3. The van der Waals surface area contributed by atoms with Crippen LogP contribution in [-0.2, 0) is 18.4 Å². The van der Waals surface area contributed by atoms with E-state index in [4.69, 9.17) is 5.73 Å². The normalized spacial score (nSPS) is 18.1. The molecule has 168 valence electrons. The summed E-state index contributed by atoms with van der Waals surface area (Å²) in [5.41, 5.74) is 15.4. The fourth-order valence-corrected chi connectivity index (χ4v) is 6.13. The van der Waals surface area contributed by atoms with Crippen LogP contribution in [0.15, 0.2) is 79.0 Å². The van der Waals surface area contributed by atoms with Crippen LogP contribution in [0.2, 0.25) is 0 Å². The molecule has 0 bridgehead atoms. The zero-order valence-corrected chi connectivity index (χ0v) is 18.9. The number of fused-ring (bicyclic) bond motifs is 5. The highest BCUT2D eigenvalue weighted by Crippen LogP contribution is 2.47. The van der Waals surface area contributed by atoms with Gasteiger partial charge in [0.15, 0.2) is 0 Å². The first-order valence-corrected chi connectivity index (χ1v) is 12.0. The van der Waals surface area contributed by atoms with Crippen LogP contribution in [-0.4, -0.2) is 28.0 Å². The number of nitrogens with two attached hydrogens (primary N) is 1. The Bertz CT molecular complexity index is 1670. The first kappa shape index (κ1) is 19.6. The Labute approximate surface area is 197 Å². The smallest absolute Gasteiger partial charge is 0.127 e. The number of hydrogen-bond acceptors (Lipinski definition) is 2. The molecule has 1 atom stereocenters. The molecule has 0 saturated carbocycles. The lowest BCUT2D eigenvalue weighted by molar-refractivity contribution is 0.431. The Balaban J connectivity index is 1.65. The van der Waals surface area contributed by atoms with Gasteiger partial charge in [-0.15, -0.1) is 0 Å². The zero-order valence-electron chi connectivity index (χ0n) is 18.9. The number of H-pyrrole nitrogens is 3. The SMILES string of the molecule is NCCc1c([C@@]2(c3c[nH]c4ccccc34)NCCc3c2[nH]c2ccccc32)[nH]c2ccccc12. The maximum absolute atomic E-state index is 6.17. The standard InChI is InChI=1S/C29H27N5/c30-15-13-20-18-7-1-5-11-25(18)33-27(20)29(23-17-31-24-10-4-3-9-22(23)24)28-21(14-16-32-29)19-8-2-6-12-26(19)34-28/h1-12,17,31-34H,13-16,30H2/t29-/m1/s1. The molecule has 3 aromatic carbocycles. The van der Waals surface area contributed by atoms with Gasteiger partial charge in [0.05, 0.1) is 11.4 Å². The molecule has 1 aliphatic rings. The van der Waals surface area contributed by atoms with Crippen LogP contribution in [0.1, 0.15) is 28.1 Å². The molecule has 3 aromatic heterocycles. The topological polar surface area (TPSA) is 85.4 Å². The van der Waals surface area contributed by atoms with E-state index in [2.05, 4.69) is 99.3 Å². The molecule has 0 amide bonds. The van der Waals surface area contributed by atoms with E-state index in [0.29, 0.717) is 6.54 Å². The Kier molecular flexibility index (Phi) is 4.25. The summed E-state index contributed by atoms with van der Waals surface area (Å²) in [5, 5.41) is 7.77. The summed E-state index contributed by atoms with van der Waals surface area (Å²) >= 11 is 0. The van der Waals surface area contributed by atoms with Gasteiger partial charge in [0, 0.05) is 51.0 Å². The van der Waals surface area contributed by atoms with E-state index in [1.54, 1.807) is 0 Å². The number of aromatic nitrogens is 3. The predicted octanol–water partition coefficient (Wildman–Crippen LogP) is 5.07. The minimum absolute atomic E-state index is 0.560. The molecule has 0 aliphatic carbocycles. The van der Waals surface area contributed by atoms with Gasteiger partial charge in [0.25, 0.3) is 0 Å². The molecular weight excluding hydrogens is 418 g/mol. The lowest BCUT2D eigenvalue weighted by Gasteiger charge is -2.39. The Morgan fingerprint density at radius 1 is 0.735 bits per heavy atom. The van der Waals surface area contributed by atoms with Gasteiger partial charge in [-0.05, 0) is 48.7 Å². The molecule has 6 aromatic rings. The second kappa shape index (κ2) is 7.35. The van der Waals surface area contributed by atoms with Crippen LogP contribution in [0.3, 0.4) is 0 Å². The maximum Gasteiger partial charge on any atom is 0.127 e. The number of nitrogens with one attached hydrogen (secondary N) is 4. The van der Waals surface area contributed by atoms with Crippen molar-refractivity contribution in [1.82, 2.24) is 20.3 Å². The summed E-state index contributed by atoms with van der Waals surface area (Å²) in [6.07, 6.45) is 3.96. The number of rotatable bonds is 4. The predicted molar refractivity (Wildman–Crippen MR) is 139 cm³/mol. The molecule has 0 fully saturated rings. The van der Waals surface area contributed by atoms with Crippen molar-refractivity contribution < 1.29 is 0 Å². The molecule has 5 heteroatoms. The minimum atomic E-state index is -0.560. The van der Waals surface area contributed by atoms with Gasteiger partial charge in [0.1, 0.15) is 5.54 Å². The molecule has 0 unspecified atom stereocenters. The summed E-state index contributed by atoms with van der Waals surface area (Å²) in [5.74, 6) is 0. The molecule has 7 rings (SSSR count). The average Bonchev–Trinajstić information content (AvgIpc) is 3.58. The molecule has 4 heterocycles. The lowest BCUT2D eigenvalue weighted by atomic mass is 9.76. The first-order chi connectivity index (χ1) is 16.8. The molecule has 0 radical (unpaired) electrons. The highest BCUT2D eigenvalue weighted by atomic mass is 15.1. The van der Waals surface area contributed by atoms with Crippen molar-refractivity contribution in [2.45, 2.75) is 18.4 Å². The van der Waals surface area contributed by atoms with E-state index < -0.39 is 5.54 Å². The summed E-state index contributed by atoms with van der Waals surface area (Å²) in [7, 11) is 0. The van der Waals surface area contributed by atoms with E-state index in [1.807, 2.05) is 0 Å². The first-order valence-electron chi connectivity index (χ1n) is 12.0. The quantitative estimate of drug-likeness (QED) is 0.262. The van der Waals surface area contributed by atoms with Crippen molar-refractivity contribution in [1.29, 1.82) is 0 Å². The largest absolute Gasteiger partial charge is 0.361 e. The second-order valence-corrected chi connectivity index (χ2v) is 9.26.